The first kappa shape index (κ1) is 14.4. The Hall–Kier alpha value is -3.72. The number of pyridine rings is 2. The van der Waals surface area contributed by atoms with Crippen molar-refractivity contribution in [2.24, 2.45) is 0 Å². The summed E-state index contributed by atoms with van der Waals surface area (Å²) in [4.78, 5) is 18.2. The van der Waals surface area contributed by atoms with E-state index in [1.165, 1.54) is 0 Å². The molecule has 126 valence electrons. The summed E-state index contributed by atoms with van der Waals surface area (Å²) < 4.78 is 1.84. The van der Waals surface area contributed by atoms with Gasteiger partial charge < -0.3 is 0 Å². The number of hydrogen-bond donors (Lipinski definition) is 0. The van der Waals surface area contributed by atoms with Crippen LogP contribution < -0.4 is 5.56 Å². The van der Waals surface area contributed by atoms with Crippen molar-refractivity contribution in [3.8, 4) is 11.1 Å². The van der Waals surface area contributed by atoms with Crippen molar-refractivity contribution in [2.75, 3.05) is 0 Å². The zero-order chi connectivity index (χ0) is 18.0. The molecule has 0 radical (unpaired) electrons. The zero-order valence-corrected chi connectivity index (χ0v) is 14.4. The molecule has 6 aromatic rings. The maximum Gasteiger partial charge on any atom is 0.263 e. The lowest BCUT2D eigenvalue weighted by Crippen LogP contribution is -2.13. The van der Waals surface area contributed by atoms with E-state index in [1.807, 2.05) is 71.3 Å². The molecule has 0 saturated heterocycles. The molecule has 6 rings (SSSR count). The van der Waals surface area contributed by atoms with E-state index in [4.69, 9.17) is 4.98 Å². The Balaban J connectivity index is 1.99. The second kappa shape index (κ2) is 5.15. The summed E-state index contributed by atoms with van der Waals surface area (Å²) in [6.07, 6.45) is 1.94. The molecule has 0 bridgehead atoms. The Bertz CT molecular complexity index is 1530. The Morgan fingerprint density at radius 2 is 1.37 bits per heavy atom. The summed E-state index contributed by atoms with van der Waals surface area (Å²) >= 11 is 0. The normalized spacial score (nSPS) is 11.9. The first-order chi connectivity index (χ1) is 13.3. The molecule has 0 N–H and O–H groups in total. The van der Waals surface area contributed by atoms with Crippen molar-refractivity contribution >= 4 is 38.1 Å². The van der Waals surface area contributed by atoms with E-state index in [-0.39, 0.29) is 5.56 Å². The summed E-state index contributed by atoms with van der Waals surface area (Å²) in [6, 6.07) is 26.1. The monoisotopic (exact) mass is 346 g/mol. The molecule has 0 unspecified atom stereocenters. The minimum atomic E-state index is 0.0105. The Labute approximate surface area is 154 Å². The van der Waals surface area contributed by atoms with Crippen LogP contribution >= 0.6 is 0 Å². The molecule has 0 aliphatic carbocycles. The topological polar surface area (TPSA) is 34.4 Å². The van der Waals surface area contributed by atoms with Crippen LogP contribution in [0.25, 0.3) is 49.2 Å². The average Bonchev–Trinajstić information content (AvgIpc) is 3.09. The summed E-state index contributed by atoms with van der Waals surface area (Å²) in [5.74, 6) is 0. The van der Waals surface area contributed by atoms with Gasteiger partial charge in [0.25, 0.3) is 5.56 Å². The summed E-state index contributed by atoms with van der Waals surface area (Å²) in [5, 5.41) is 3.77. The predicted molar refractivity (Wildman–Crippen MR) is 111 cm³/mol. The minimum absolute atomic E-state index is 0.0105. The van der Waals surface area contributed by atoms with Gasteiger partial charge in [0.2, 0.25) is 0 Å². The largest absolute Gasteiger partial charge is 0.273 e. The predicted octanol–water partition coefficient (Wildman–Crippen LogP) is 5.26. The van der Waals surface area contributed by atoms with Crippen molar-refractivity contribution in [3.05, 3.63) is 95.4 Å². The first-order valence-corrected chi connectivity index (χ1v) is 8.96. The zero-order valence-electron chi connectivity index (χ0n) is 14.4. The van der Waals surface area contributed by atoms with E-state index >= 15 is 0 Å². The summed E-state index contributed by atoms with van der Waals surface area (Å²) in [5.41, 5.74) is 4.87. The fourth-order valence-corrected chi connectivity index (χ4v) is 4.23. The van der Waals surface area contributed by atoms with Gasteiger partial charge in [-0.15, -0.1) is 0 Å². The van der Waals surface area contributed by atoms with E-state index in [0.717, 1.165) is 43.8 Å². The number of rotatable bonds is 1. The van der Waals surface area contributed by atoms with Gasteiger partial charge in [-0.3, -0.25) is 14.2 Å². The van der Waals surface area contributed by atoms with Crippen molar-refractivity contribution in [2.45, 2.75) is 0 Å². The van der Waals surface area contributed by atoms with Crippen LogP contribution in [-0.4, -0.2) is 9.38 Å². The quantitative estimate of drug-likeness (QED) is 0.381. The highest BCUT2D eigenvalue weighted by molar-refractivity contribution is 6.22. The van der Waals surface area contributed by atoms with Crippen molar-refractivity contribution in [3.63, 3.8) is 0 Å². The Morgan fingerprint density at radius 3 is 2.19 bits per heavy atom. The minimum Gasteiger partial charge on any atom is -0.273 e. The molecular weight excluding hydrogens is 332 g/mol. The van der Waals surface area contributed by atoms with Crippen LogP contribution in [0.1, 0.15) is 0 Å². The Kier molecular flexibility index (Phi) is 2.75. The lowest BCUT2D eigenvalue weighted by molar-refractivity contribution is 1.20. The van der Waals surface area contributed by atoms with Crippen LogP contribution in [0.5, 0.6) is 0 Å². The number of hydrogen-bond acceptors (Lipinski definition) is 2. The smallest absolute Gasteiger partial charge is 0.263 e. The van der Waals surface area contributed by atoms with E-state index in [0.29, 0.717) is 5.39 Å². The molecule has 0 aliphatic heterocycles. The molecule has 0 saturated carbocycles. The van der Waals surface area contributed by atoms with Gasteiger partial charge in [0.15, 0.2) is 0 Å². The molecule has 3 heterocycles. The third kappa shape index (κ3) is 1.80. The van der Waals surface area contributed by atoms with Gasteiger partial charge in [-0.25, -0.2) is 0 Å². The van der Waals surface area contributed by atoms with Gasteiger partial charge in [0.05, 0.1) is 16.6 Å². The number of benzene rings is 3. The fourth-order valence-electron chi connectivity index (χ4n) is 4.23. The van der Waals surface area contributed by atoms with E-state index < -0.39 is 0 Å². The summed E-state index contributed by atoms with van der Waals surface area (Å²) in [7, 11) is 0. The maximum absolute atomic E-state index is 13.4. The van der Waals surface area contributed by atoms with E-state index in [9.17, 15) is 4.79 Å². The van der Waals surface area contributed by atoms with E-state index in [2.05, 4.69) is 18.2 Å². The first-order valence-electron chi connectivity index (χ1n) is 8.96. The third-order valence-electron chi connectivity index (χ3n) is 5.39. The molecule has 0 spiro atoms. The molecule has 3 heteroatoms. The molecule has 0 amide bonds. The molecule has 27 heavy (non-hydrogen) atoms. The van der Waals surface area contributed by atoms with Gasteiger partial charge in [-0.1, -0.05) is 66.7 Å². The molecule has 3 aromatic heterocycles. The van der Waals surface area contributed by atoms with Gasteiger partial charge >= 0.3 is 0 Å². The van der Waals surface area contributed by atoms with Crippen LogP contribution in [0.15, 0.2) is 89.9 Å². The Morgan fingerprint density at radius 1 is 0.704 bits per heavy atom. The fraction of sp³-hybridized carbons (Fsp3) is 0. The van der Waals surface area contributed by atoms with Crippen LogP contribution in [0.4, 0.5) is 0 Å². The van der Waals surface area contributed by atoms with Crippen LogP contribution in [0.3, 0.4) is 0 Å². The standard InChI is InChI=1S/C24H14N2O/c27-24-17-11-5-4-10-16(17)22-23-21(18-12-6-7-13-20(18)26(23)24)19(14-25-22)15-8-2-1-3-9-15/h1-14H. The highest BCUT2D eigenvalue weighted by Gasteiger charge is 2.20. The van der Waals surface area contributed by atoms with Crippen molar-refractivity contribution in [1.82, 2.24) is 9.38 Å². The second-order valence-corrected chi connectivity index (χ2v) is 6.81. The average molecular weight is 346 g/mol. The van der Waals surface area contributed by atoms with Gasteiger partial charge in [0.1, 0.15) is 0 Å². The molecular formula is C24H14N2O. The molecule has 3 nitrogen and oxygen atoms in total. The van der Waals surface area contributed by atoms with Crippen LogP contribution in [0, 0.1) is 0 Å². The molecule has 3 aromatic carbocycles. The van der Waals surface area contributed by atoms with Gasteiger partial charge in [-0.05, 0) is 17.7 Å². The third-order valence-corrected chi connectivity index (χ3v) is 5.39. The lowest BCUT2D eigenvalue weighted by atomic mass is 10.00. The van der Waals surface area contributed by atoms with E-state index in [1.54, 1.807) is 0 Å². The highest BCUT2D eigenvalue weighted by Crippen LogP contribution is 2.38. The number of aromatic nitrogens is 2. The lowest BCUT2D eigenvalue weighted by Gasteiger charge is -2.08. The number of nitrogens with zero attached hydrogens (tertiary/aromatic N) is 2. The van der Waals surface area contributed by atoms with Crippen molar-refractivity contribution in [1.29, 1.82) is 0 Å². The van der Waals surface area contributed by atoms with Crippen LogP contribution in [-0.2, 0) is 0 Å². The molecule has 0 atom stereocenters. The number of para-hydroxylation sites is 1. The van der Waals surface area contributed by atoms with Gasteiger partial charge in [0, 0.05) is 33.3 Å². The maximum atomic E-state index is 13.4. The highest BCUT2D eigenvalue weighted by atomic mass is 16.1. The van der Waals surface area contributed by atoms with Crippen LogP contribution in [0.2, 0.25) is 0 Å². The second-order valence-electron chi connectivity index (χ2n) is 6.81. The molecule has 0 aliphatic rings. The van der Waals surface area contributed by atoms with Gasteiger partial charge in [-0.2, -0.15) is 0 Å². The summed E-state index contributed by atoms with van der Waals surface area (Å²) in [6.45, 7) is 0. The number of fused-ring (bicyclic) bond motifs is 5. The van der Waals surface area contributed by atoms with Crippen molar-refractivity contribution < 1.29 is 0 Å². The molecule has 0 fully saturated rings. The SMILES string of the molecule is O=c1c2ccccc2c2ncc(-c3ccccc3)c3c4ccccc4n1c23.